The average Bonchev–Trinajstić information content (AvgIpc) is 3.57. The minimum atomic E-state index is -1.27. The van der Waals surface area contributed by atoms with E-state index in [1.807, 2.05) is 12.1 Å². The quantitative estimate of drug-likeness (QED) is 0.332. The second-order valence-corrected chi connectivity index (χ2v) is 9.50. The normalized spacial score (nSPS) is 26.5. The number of nitrogens with zero attached hydrogens (tertiary/aromatic N) is 3. The van der Waals surface area contributed by atoms with Crippen LogP contribution in [0.3, 0.4) is 0 Å². The van der Waals surface area contributed by atoms with Gasteiger partial charge in [-0.15, -0.1) is 0 Å². The molecule has 36 heavy (non-hydrogen) atoms. The Morgan fingerprint density at radius 2 is 2.08 bits per heavy atom. The van der Waals surface area contributed by atoms with Crippen LogP contribution in [0.25, 0.3) is 0 Å². The van der Waals surface area contributed by atoms with Gasteiger partial charge in [-0.3, -0.25) is 29.6 Å². The van der Waals surface area contributed by atoms with Gasteiger partial charge < -0.3 is 10.1 Å². The maximum Gasteiger partial charge on any atom is 0.269 e. The summed E-state index contributed by atoms with van der Waals surface area (Å²) in [6.45, 7) is 0.636. The highest BCUT2D eigenvalue weighted by Gasteiger charge is 2.69. The van der Waals surface area contributed by atoms with Gasteiger partial charge in [-0.05, 0) is 55.3 Å². The van der Waals surface area contributed by atoms with Crippen molar-refractivity contribution in [2.24, 2.45) is 5.92 Å². The van der Waals surface area contributed by atoms with Gasteiger partial charge in [0.05, 0.1) is 18.0 Å². The molecule has 3 aromatic rings. The summed E-state index contributed by atoms with van der Waals surface area (Å²) >= 11 is 0. The fourth-order valence-corrected chi connectivity index (χ4v) is 6.57. The number of benzene rings is 2. The van der Waals surface area contributed by atoms with Crippen LogP contribution < -0.4 is 10.1 Å². The van der Waals surface area contributed by atoms with Gasteiger partial charge in [0.2, 0.25) is 5.91 Å². The molecule has 4 heterocycles. The minimum Gasteiger partial charge on any atom is -0.497 e. The Hall–Kier alpha value is -4.11. The number of rotatable bonds is 5. The predicted octanol–water partition coefficient (Wildman–Crippen LogP) is 3.91. The molecule has 3 aliphatic heterocycles. The number of amides is 1. The van der Waals surface area contributed by atoms with E-state index in [0.717, 1.165) is 12.8 Å². The number of aromatic nitrogens is 1. The first-order chi connectivity index (χ1) is 17.5. The van der Waals surface area contributed by atoms with Crippen molar-refractivity contribution in [1.29, 1.82) is 0 Å². The third-order valence-corrected chi connectivity index (χ3v) is 7.90. The SMILES string of the molecule is COc1ccc2c(c1)[C@]1(C(=O)N2)C(C(=O)c2cccnc2)C(c2cccc([N+](=O)[O-])c2)C2CCCN21. The summed E-state index contributed by atoms with van der Waals surface area (Å²) in [5, 5.41) is 14.6. The number of carbonyl (C=O) groups excluding carboxylic acids is 2. The van der Waals surface area contributed by atoms with Gasteiger partial charge in [0.1, 0.15) is 11.3 Å². The van der Waals surface area contributed by atoms with E-state index in [2.05, 4.69) is 15.2 Å². The second kappa shape index (κ2) is 8.23. The zero-order valence-electron chi connectivity index (χ0n) is 19.6. The number of anilines is 1. The molecular formula is C27H24N4O5. The molecule has 1 N–H and O–H groups in total. The lowest BCUT2D eigenvalue weighted by atomic mass is 9.69. The zero-order valence-corrected chi connectivity index (χ0v) is 19.6. The number of fused-ring (bicyclic) bond motifs is 4. The molecule has 0 aliphatic carbocycles. The highest BCUT2D eigenvalue weighted by molar-refractivity contribution is 6.12. The van der Waals surface area contributed by atoms with E-state index < -0.39 is 22.3 Å². The number of nitrogens with one attached hydrogen (secondary N) is 1. The Morgan fingerprint density at radius 3 is 2.83 bits per heavy atom. The van der Waals surface area contributed by atoms with Crippen molar-refractivity contribution < 1.29 is 19.2 Å². The number of hydrogen-bond donors (Lipinski definition) is 1. The van der Waals surface area contributed by atoms with Crippen molar-refractivity contribution in [3.63, 3.8) is 0 Å². The van der Waals surface area contributed by atoms with E-state index >= 15 is 0 Å². The van der Waals surface area contributed by atoms with Gasteiger partial charge in [-0.25, -0.2) is 0 Å². The molecule has 4 atom stereocenters. The number of Topliss-reactive ketones (excluding diaryl/α,β-unsaturated/α-hetero) is 1. The number of hydrogen-bond acceptors (Lipinski definition) is 7. The summed E-state index contributed by atoms with van der Waals surface area (Å²) in [7, 11) is 1.57. The molecule has 0 radical (unpaired) electrons. The maximum atomic E-state index is 14.3. The van der Waals surface area contributed by atoms with Crippen molar-refractivity contribution in [2.75, 3.05) is 19.0 Å². The molecule has 0 bridgehead atoms. The summed E-state index contributed by atoms with van der Waals surface area (Å²) in [5.41, 5.74) is 1.13. The number of ketones is 1. The Morgan fingerprint density at radius 1 is 1.22 bits per heavy atom. The van der Waals surface area contributed by atoms with Crippen LogP contribution in [-0.4, -0.2) is 46.2 Å². The van der Waals surface area contributed by atoms with Crippen LogP contribution in [0.1, 0.15) is 40.2 Å². The zero-order chi connectivity index (χ0) is 25.0. The Balaban J connectivity index is 1.63. The van der Waals surface area contributed by atoms with Crippen LogP contribution in [0.4, 0.5) is 11.4 Å². The average molecular weight is 485 g/mol. The van der Waals surface area contributed by atoms with Crippen molar-refractivity contribution in [3.05, 3.63) is 93.8 Å². The molecule has 9 heteroatoms. The molecule has 9 nitrogen and oxygen atoms in total. The summed E-state index contributed by atoms with van der Waals surface area (Å²) in [6, 6.07) is 15.2. The third-order valence-electron chi connectivity index (χ3n) is 7.90. The van der Waals surface area contributed by atoms with Crippen LogP contribution >= 0.6 is 0 Å². The van der Waals surface area contributed by atoms with Gasteiger partial charge in [0.25, 0.3) is 5.69 Å². The topological polar surface area (TPSA) is 115 Å². The number of non-ortho nitro benzene ring substituents is 1. The van der Waals surface area contributed by atoms with E-state index in [1.54, 1.807) is 49.7 Å². The lowest BCUT2D eigenvalue weighted by Crippen LogP contribution is -2.52. The number of nitro groups is 1. The summed E-state index contributed by atoms with van der Waals surface area (Å²) in [6.07, 6.45) is 4.75. The molecule has 1 amide bonds. The van der Waals surface area contributed by atoms with Crippen LogP contribution in [-0.2, 0) is 10.3 Å². The molecule has 6 rings (SSSR count). The second-order valence-electron chi connectivity index (χ2n) is 9.50. The Labute approximate surface area is 207 Å². The van der Waals surface area contributed by atoms with E-state index in [0.29, 0.717) is 34.7 Å². The lowest BCUT2D eigenvalue weighted by Gasteiger charge is -2.37. The largest absolute Gasteiger partial charge is 0.497 e. The van der Waals surface area contributed by atoms with Gasteiger partial charge in [0.15, 0.2) is 5.78 Å². The molecule has 2 aromatic carbocycles. The Kier molecular flexibility index (Phi) is 5.11. The summed E-state index contributed by atoms with van der Waals surface area (Å²) in [4.78, 5) is 45.8. The fraction of sp³-hybridized carbons (Fsp3) is 0.296. The van der Waals surface area contributed by atoms with Gasteiger partial charge in [-0.2, -0.15) is 0 Å². The summed E-state index contributed by atoms with van der Waals surface area (Å²) in [5.74, 6) is -1.12. The van der Waals surface area contributed by atoms with Crippen molar-refractivity contribution in [3.8, 4) is 5.75 Å². The van der Waals surface area contributed by atoms with E-state index in [-0.39, 0.29) is 23.4 Å². The molecule has 182 valence electrons. The smallest absolute Gasteiger partial charge is 0.269 e. The first-order valence-corrected chi connectivity index (χ1v) is 11.9. The molecule has 1 spiro atoms. The minimum absolute atomic E-state index is 0.0384. The van der Waals surface area contributed by atoms with Crippen molar-refractivity contribution >= 4 is 23.1 Å². The fourth-order valence-electron chi connectivity index (χ4n) is 6.57. The molecule has 0 saturated carbocycles. The standard InChI is InChI=1S/C27H24N4O5/c1-36-19-9-10-21-20(14-19)27(26(33)29-21)24(25(32)17-6-3-11-28-15-17)23(22-8-4-12-30(22)27)16-5-2-7-18(13-16)31(34)35/h2-3,5-7,9-11,13-15,22-24H,4,8,12H2,1H3,(H,29,33)/t22?,23?,24?,27-/m1/s1. The van der Waals surface area contributed by atoms with Gasteiger partial charge in [-0.1, -0.05) is 12.1 Å². The maximum absolute atomic E-state index is 14.3. The van der Waals surface area contributed by atoms with Gasteiger partial charge in [0, 0.05) is 53.3 Å². The lowest BCUT2D eigenvalue weighted by molar-refractivity contribution is -0.384. The predicted molar refractivity (Wildman–Crippen MR) is 131 cm³/mol. The third kappa shape index (κ3) is 3.02. The first-order valence-electron chi connectivity index (χ1n) is 11.9. The van der Waals surface area contributed by atoms with E-state index in [1.165, 1.54) is 12.3 Å². The van der Waals surface area contributed by atoms with Gasteiger partial charge >= 0.3 is 0 Å². The highest BCUT2D eigenvalue weighted by atomic mass is 16.6. The monoisotopic (exact) mass is 484 g/mol. The molecule has 3 aliphatic rings. The Bertz CT molecular complexity index is 1390. The molecular weight excluding hydrogens is 460 g/mol. The molecule has 2 saturated heterocycles. The number of carbonyl (C=O) groups is 2. The van der Waals surface area contributed by atoms with E-state index in [9.17, 15) is 19.7 Å². The highest BCUT2D eigenvalue weighted by Crippen LogP contribution is 2.61. The number of methoxy groups -OCH3 is 1. The molecule has 1 aromatic heterocycles. The van der Waals surface area contributed by atoms with Crippen molar-refractivity contribution in [1.82, 2.24) is 9.88 Å². The summed E-state index contributed by atoms with van der Waals surface area (Å²) < 4.78 is 5.50. The number of pyridine rings is 1. The first kappa shape index (κ1) is 22.4. The number of ether oxygens (including phenoxy) is 1. The van der Waals surface area contributed by atoms with Crippen LogP contribution in [0, 0.1) is 16.0 Å². The van der Waals surface area contributed by atoms with Crippen LogP contribution in [0.5, 0.6) is 5.75 Å². The molecule has 3 unspecified atom stereocenters. The number of nitro benzene ring substituents is 1. The van der Waals surface area contributed by atoms with Crippen LogP contribution in [0.15, 0.2) is 67.0 Å². The van der Waals surface area contributed by atoms with Crippen molar-refractivity contribution in [2.45, 2.75) is 30.3 Å². The van der Waals surface area contributed by atoms with E-state index in [4.69, 9.17) is 4.74 Å². The van der Waals surface area contributed by atoms with Crippen LogP contribution in [0.2, 0.25) is 0 Å². The molecule has 2 fully saturated rings.